The summed E-state index contributed by atoms with van der Waals surface area (Å²) in [6, 6.07) is 12.0. The molecule has 138 valence electrons. The van der Waals surface area contributed by atoms with Crippen LogP contribution in [0.15, 0.2) is 57.9 Å². The Labute approximate surface area is 155 Å². The third kappa shape index (κ3) is 3.38. The molecule has 1 fully saturated rings. The zero-order chi connectivity index (χ0) is 18.8. The molecule has 0 spiro atoms. The van der Waals surface area contributed by atoms with Gasteiger partial charge in [0.15, 0.2) is 5.43 Å². The molecule has 1 aromatic heterocycles. The number of rotatable bonds is 3. The summed E-state index contributed by atoms with van der Waals surface area (Å²) >= 11 is 0. The van der Waals surface area contributed by atoms with Crippen molar-refractivity contribution in [2.24, 2.45) is 0 Å². The Hall–Kier alpha value is -3.28. The normalized spacial score (nSPS) is 13.7. The van der Waals surface area contributed by atoms with Gasteiger partial charge in [-0.15, -0.1) is 0 Å². The molecule has 0 saturated carbocycles. The number of benzene rings is 2. The second-order valence-corrected chi connectivity index (χ2v) is 6.43. The summed E-state index contributed by atoms with van der Waals surface area (Å²) in [5.41, 5.74) is 1.45. The monoisotopic (exact) mass is 365 g/mol. The van der Waals surface area contributed by atoms with Gasteiger partial charge in [0.25, 0.3) is 0 Å². The Bertz CT molecular complexity index is 1030. The molecule has 6 nitrogen and oxygen atoms in total. The lowest BCUT2D eigenvalue weighted by Gasteiger charge is -2.14. The van der Waals surface area contributed by atoms with Crippen LogP contribution in [0.5, 0.6) is 11.5 Å². The number of carbonyl (C=O) groups excluding carboxylic acids is 1. The highest BCUT2D eigenvalue weighted by Gasteiger charge is 2.20. The van der Waals surface area contributed by atoms with Crippen LogP contribution in [0, 0.1) is 0 Å². The number of hydrogen-bond donors (Lipinski definition) is 0. The van der Waals surface area contributed by atoms with Crippen molar-refractivity contribution in [1.82, 2.24) is 4.90 Å². The fourth-order valence-electron chi connectivity index (χ4n) is 3.21. The van der Waals surface area contributed by atoms with Gasteiger partial charge in [-0.2, -0.15) is 0 Å². The van der Waals surface area contributed by atoms with Crippen LogP contribution < -0.4 is 14.9 Å². The second kappa shape index (κ2) is 7.15. The van der Waals surface area contributed by atoms with E-state index in [1.807, 2.05) is 12.1 Å². The van der Waals surface area contributed by atoms with Crippen molar-refractivity contribution in [2.45, 2.75) is 12.8 Å². The van der Waals surface area contributed by atoms with Crippen LogP contribution in [0.3, 0.4) is 0 Å². The number of methoxy groups -OCH3 is 1. The summed E-state index contributed by atoms with van der Waals surface area (Å²) in [5, 5.41) is 0.435. The molecule has 0 N–H and O–H groups in total. The number of amides is 1. The van der Waals surface area contributed by atoms with Gasteiger partial charge in [0.2, 0.25) is 0 Å². The molecule has 0 aliphatic carbocycles. The van der Waals surface area contributed by atoms with Crippen molar-refractivity contribution in [1.29, 1.82) is 0 Å². The van der Waals surface area contributed by atoms with Crippen LogP contribution in [0.2, 0.25) is 0 Å². The molecule has 0 bridgehead atoms. The predicted octanol–water partition coefficient (Wildman–Crippen LogP) is 4.06. The van der Waals surface area contributed by atoms with E-state index in [2.05, 4.69) is 0 Å². The highest BCUT2D eigenvalue weighted by Crippen LogP contribution is 2.25. The van der Waals surface area contributed by atoms with Gasteiger partial charge in [0.1, 0.15) is 23.3 Å². The van der Waals surface area contributed by atoms with E-state index in [1.54, 1.807) is 42.3 Å². The maximum absolute atomic E-state index is 12.8. The maximum Gasteiger partial charge on any atom is 0.415 e. The summed E-state index contributed by atoms with van der Waals surface area (Å²) in [6.45, 7) is 1.43. The average Bonchev–Trinajstić information content (AvgIpc) is 3.23. The van der Waals surface area contributed by atoms with Crippen molar-refractivity contribution in [2.75, 3.05) is 20.2 Å². The zero-order valence-corrected chi connectivity index (χ0v) is 14.9. The third-order valence-corrected chi connectivity index (χ3v) is 4.72. The Morgan fingerprint density at radius 1 is 1.04 bits per heavy atom. The zero-order valence-electron chi connectivity index (χ0n) is 14.9. The standard InChI is InChI=1S/C21H19NO5/c1-25-15-6-4-14(5-7-15)18-13-26-19-12-16(8-9-17(19)20(18)23)27-21(24)22-10-2-3-11-22/h4-9,12-13H,2-3,10-11H2,1H3. The molecular weight excluding hydrogens is 346 g/mol. The molecule has 2 aromatic carbocycles. The minimum absolute atomic E-state index is 0.140. The second-order valence-electron chi connectivity index (χ2n) is 6.43. The molecule has 27 heavy (non-hydrogen) atoms. The first-order valence-electron chi connectivity index (χ1n) is 8.82. The summed E-state index contributed by atoms with van der Waals surface area (Å²) in [5.74, 6) is 1.08. The van der Waals surface area contributed by atoms with Crippen LogP contribution in [-0.4, -0.2) is 31.2 Å². The Morgan fingerprint density at radius 3 is 2.44 bits per heavy atom. The summed E-state index contributed by atoms with van der Waals surface area (Å²) in [7, 11) is 1.59. The SMILES string of the molecule is COc1ccc(-c2coc3cc(OC(=O)N4CCCC4)ccc3c2=O)cc1. The summed E-state index contributed by atoms with van der Waals surface area (Å²) < 4.78 is 16.2. The molecule has 1 aliphatic rings. The molecule has 0 atom stereocenters. The lowest BCUT2D eigenvalue weighted by molar-refractivity contribution is 0.163. The molecule has 1 amide bonds. The lowest BCUT2D eigenvalue weighted by atomic mass is 10.1. The minimum atomic E-state index is -0.371. The molecule has 3 aromatic rings. The summed E-state index contributed by atoms with van der Waals surface area (Å²) in [4.78, 5) is 26.6. The van der Waals surface area contributed by atoms with Gasteiger partial charge < -0.3 is 18.8 Å². The van der Waals surface area contributed by atoms with Crippen molar-refractivity contribution in [3.05, 3.63) is 59.0 Å². The fraction of sp³-hybridized carbons (Fsp3) is 0.238. The van der Waals surface area contributed by atoms with Crippen LogP contribution in [-0.2, 0) is 0 Å². The largest absolute Gasteiger partial charge is 0.497 e. The molecule has 1 aliphatic heterocycles. The smallest absolute Gasteiger partial charge is 0.415 e. The maximum atomic E-state index is 12.8. The van der Waals surface area contributed by atoms with Gasteiger partial charge in [-0.05, 0) is 42.7 Å². The number of carbonyl (C=O) groups is 1. The highest BCUT2D eigenvalue weighted by molar-refractivity contribution is 5.83. The van der Waals surface area contributed by atoms with Gasteiger partial charge in [-0.1, -0.05) is 12.1 Å². The van der Waals surface area contributed by atoms with E-state index < -0.39 is 0 Å². The van der Waals surface area contributed by atoms with Gasteiger partial charge in [0, 0.05) is 19.2 Å². The van der Waals surface area contributed by atoms with Crippen LogP contribution in [0.4, 0.5) is 4.79 Å². The van der Waals surface area contributed by atoms with E-state index in [-0.39, 0.29) is 11.5 Å². The quantitative estimate of drug-likeness (QED) is 0.700. The first kappa shape index (κ1) is 17.1. The van der Waals surface area contributed by atoms with Crippen molar-refractivity contribution < 1.29 is 18.7 Å². The molecule has 2 heterocycles. The van der Waals surface area contributed by atoms with Crippen LogP contribution in [0.25, 0.3) is 22.1 Å². The first-order chi connectivity index (χ1) is 13.2. The van der Waals surface area contributed by atoms with E-state index in [4.69, 9.17) is 13.9 Å². The fourth-order valence-corrected chi connectivity index (χ4v) is 3.21. The topological polar surface area (TPSA) is 69.0 Å². The average molecular weight is 365 g/mol. The van der Waals surface area contributed by atoms with Crippen molar-refractivity contribution in [3.63, 3.8) is 0 Å². The number of hydrogen-bond acceptors (Lipinski definition) is 5. The van der Waals surface area contributed by atoms with Gasteiger partial charge in [-0.25, -0.2) is 4.79 Å². The van der Waals surface area contributed by atoms with E-state index in [9.17, 15) is 9.59 Å². The molecule has 1 saturated heterocycles. The van der Waals surface area contributed by atoms with E-state index in [0.717, 1.165) is 18.4 Å². The summed E-state index contributed by atoms with van der Waals surface area (Å²) in [6.07, 6.45) is 3.05. The van der Waals surface area contributed by atoms with E-state index in [0.29, 0.717) is 41.1 Å². The van der Waals surface area contributed by atoms with Crippen molar-refractivity contribution in [3.8, 4) is 22.6 Å². The third-order valence-electron chi connectivity index (χ3n) is 4.72. The number of nitrogens with zero attached hydrogens (tertiary/aromatic N) is 1. The minimum Gasteiger partial charge on any atom is -0.497 e. The van der Waals surface area contributed by atoms with E-state index >= 15 is 0 Å². The number of ether oxygens (including phenoxy) is 2. The highest BCUT2D eigenvalue weighted by atomic mass is 16.6. The van der Waals surface area contributed by atoms with Gasteiger partial charge in [0.05, 0.1) is 18.1 Å². The van der Waals surface area contributed by atoms with E-state index in [1.165, 1.54) is 6.26 Å². The van der Waals surface area contributed by atoms with Crippen molar-refractivity contribution >= 4 is 17.1 Å². The Kier molecular flexibility index (Phi) is 4.54. The predicted molar refractivity (Wildman–Crippen MR) is 101 cm³/mol. The molecule has 4 rings (SSSR count). The number of fused-ring (bicyclic) bond motifs is 1. The number of likely N-dealkylation sites (tertiary alicyclic amines) is 1. The lowest BCUT2D eigenvalue weighted by Crippen LogP contribution is -2.30. The van der Waals surface area contributed by atoms with Crippen LogP contribution >= 0.6 is 0 Å². The molecular formula is C21H19NO5. The Morgan fingerprint density at radius 2 is 1.74 bits per heavy atom. The molecule has 0 unspecified atom stereocenters. The van der Waals surface area contributed by atoms with Gasteiger partial charge >= 0.3 is 6.09 Å². The molecule has 6 heteroatoms. The Balaban J connectivity index is 1.63. The first-order valence-corrected chi connectivity index (χ1v) is 8.82. The van der Waals surface area contributed by atoms with Crippen LogP contribution in [0.1, 0.15) is 12.8 Å². The molecule has 0 radical (unpaired) electrons. The van der Waals surface area contributed by atoms with Gasteiger partial charge in [-0.3, -0.25) is 4.79 Å².